The summed E-state index contributed by atoms with van der Waals surface area (Å²) in [6.07, 6.45) is 8.47. The van der Waals surface area contributed by atoms with Crippen molar-refractivity contribution in [1.82, 2.24) is 10.2 Å². The smallest absolute Gasteiger partial charge is 0.243 e. The Morgan fingerprint density at radius 2 is 1.59 bits per heavy atom. The molecule has 1 heterocycles. The molecule has 0 aromatic heterocycles. The van der Waals surface area contributed by atoms with Crippen LogP contribution in [-0.2, 0) is 14.4 Å². The molecule has 4 bridgehead atoms. The Kier molecular flexibility index (Phi) is 5.50. The van der Waals surface area contributed by atoms with Crippen molar-refractivity contribution >= 4 is 23.4 Å². The predicted octanol–water partition coefficient (Wildman–Crippen LogP) is 3.57. The summed E-state index contributed by atoms with van der Waals surface area (Å²) in [5.74, 6) is 1.88. The molecule has 172 valence electrons. The molecule has 0 spiro atoms. The summed E-state index contributed by atoms with van der Waals surface area (Å²) in [6, 6.07) is 5.42. The number of rotatable bonds is 5. The first-order valence-corrected chi connectivity index (χ1v) is 12.3. The minimum Gasteiger partial charge on any atom is -0.345 e. The lowest BCUT2D eigenvalue weighted by molar-refractivity contribution is -0.160. The summed E-state index contributed by atoms with van der Waals surface area (Å²) in [5, 5.41) is 5.71. The van der Waals surface area contributed by atoms with Gasteiger partial charge in [0, 0.05) is 12.2 Å². The zero-order chi connectivity index (χ0) is 22.5. The summed E-state index contributed by atoms with van der Waals surface area (Å²) in [4.78, 5) is 41.1. The summed E-state index contributed by atoms with van der Waals surface area (Å²) in [7, 11) is 0. The molecule has 4 aliphatic carbocycles. The topological polar surface area (TPSA) is 78.5 Å². The quantitative estimate of drug-likeness (QED) is 0.739. The van der Waals surface area contributed by atoms with Gasteiger partial charge in [-0.15, -0.1) is 0 Å². The third kappa shape index (κ3) is 3.82. The molecule has 0 radical (unpaired) electrons. The third-order valence-electron chi connectivity index (χ3n) is 8.48. The first-order chi connectivity index (χ1) is 15.3. The van der Waals surface area contributed by atoms with E-state index in [1.54, 1.807) is 0 Å². The second-order valence-corrected chi connectivity index (χ2v) is 10.9. The number of benzene rings is 1. The van der Waals surface area contributed by atoms with Gasteiger partial charge in [-0.1, -0.05) is 18.2 Å². The van der Waals surface area contributed by atoms with Crippen molar-refractivity contribution in [2.24, 2.45) is 23.2 Å². The summed E-state index contributed by atoms with van der Waals surface area (Å²) in [6.45, 7) is 4.48. The minimum absolute atomic E-state index is 0.0809. The lowest BCUT2D eigenvalue weighted by Crippen LogP contribution is -2.57. The van der Waals surface area contributed by atoms with E-state index in [0.717, 1.165) is 42.5 Å². The van der Waals surface area contributed by atoms with Gasteiger partial charge in [-0.3, -0.25) is 14.4 Å². The van der Waals surface area contributed by atoms with Crippen molar-refractivity contribution in [2.45, 2.75) is 71.3 Å². The van der Waals surface area contributed by atoms with E-state index in [4.69, 9.17) is 0 Å². The normalized spacial score (nSPS) is 32.8. The lowest BCUT2D eigenvalue weighted by Gasteiger charge is -2.56. The van der Waals surface area contributed by atoms with Crippen molar-refractivity contribution in [1.29, 1.82) is 0 Å². The molecule has 1 unspecified atom stereocenters. The van der Waals surface area contributed by atoms with Crippen LogP contribution in [-0.4, -0.2) is 41.8 Å². The van der Waals surface area contributed by atoms with E-state index < -0.39 is 6.04 Å². The fraction of sp³-hybridized carbons (Fsp3) is 0.654. The highest BCUT2D eigenvalue weighted by Crippen LogP contribution is 2.60. The number of aryl methyl sites for hydroxylation is 2. The van der Waals surface area contributed by atoms with Gasteiger partial charge in [-0.05, 0) is 94.1 Å². The molecule has 1 aromatic carbocycles. The average Bonchev–Trinajstić information content (AvgIpc) is 3.23. The number of carbonyl (C=O) groups excluding carboxylic acids is 3. The summed E-state index contributed by atoms with van der Waals surface area (Å²) in [5.41, 5.74) is 2.56. The highest BCUT2D eigenvalue weighted by molar-refractivity contribution is 5.97. The summed E-state index contributed by atoms with van der Waals surface area (Å²) < 4.78 is 0. The SMILES string of the molecule is Cc1cccc(C)c1NC(=O)CNC(=O)C1CCCN1C(=O)C12CC3CC(CC(C3)C1)C2. The van der Waals surface area contributed by atoms with Gasteiger partial charge in [0.25, 0.3) is 0 Å². The van der Waals surface area contributed by atoms with Gasteiger partial charge < -0.3 is 15.5 Å². The van der Waals surface area contributed by atoms with Crippen LogP contribution in [0.1, 0.15) is 62.5 Å². The molecule has 4 saturated carbocycles. The van der Waals surface area contributed by atoms with E-state index in [0.29, 0.717) is 30.7 Å². The maximum Gasteiger partial charge on any atom is 0.243 e. The lowest BCUT2D eigenvalue weighted by atomic mass is 9.49. The average molecular weight is 438 g/mol. The number of nitrogens with zero attached hydrogens (tertiary/aromatic N) is 1. The standard InChI is InChI=1S/C26H35N3O3/c1-16-5-3-6-17(2)23(16)28-22(30)15-27-24(31)21-7-4-8-29(21)25(32)26-12-18-9-19(13-26)11-20(10-18)14-26/h3,5-6,18-21H,4,7-15H2,1-2H3,(H,27,31)(H,28,30). The Morgan fingerprint density at radius 1 is 1.00 bits per heavy atom. The monoisotopic (exact) mass is 437 g/mol. The highest BCUT2D eigenvalue weighted by Gasteiger charge is 2.56. The fourth-order valence-corrected chi connectivity index (χ4v) is 7.44. The molecule has 6 heteroatoms. The van der Waals surface area contributed by atoms with Crippen molar-refractivity contribution in [3.05, 3.63) is 29.3 Å². The second-order valence-electron chi connectivity index (χ2n) is 10.9. The zero-order valence-corrected chi connectivity index (χ0v) is 19.3. The Morgan fingerprint density at radius 3 is 2.19 bits per heavy atom. The Balaban J connectivity index is 1.21. The molecule has 6 rings (SSSR count). The van der Waals surface area contributed by atoms with Gasteiger partial charge in [0.05, 0.1) is 12.0 Å². The first-order valence-electron chi connectivity index (χ1n) is 12.3. The van der Waals surface area contributed by atoms with E-state index in [2.05, 4.69) is 10.6 Å². The molecule has 5 fully saturated rings. The molecule has 5 aliphatic rings. The number of carbonyl (C=O) groups is 3. The molecule has 6 nitrogen and oxygen atoms in total. The Labute approximate surface area is 190 Å². The van der Waals surface area contributed by atoms with Crippen LogP contribution in [0.4, 0.5) is 5.69 Å². The molecule has 32 heavy (non-hydrogen) atoms. The van der Waals surface area contributed by atoms with E-state index >= 15 is 0 Å². The van der Waals surface area contributed by atoms with Gasteiger partial charge in [0.2, 0.25) is 17.7 Å². The van der Waals surface area contributed by atoms with Crippen LogP contribution in [0, 0.1) is 37.0 Å². The molecule has 3 amide bonds. The number of nitrogens with one attached hydrogen (secondary N) is 2. The van der Waals surface area contributed by atoms with E-state index in [1.165, 1.54) is 19.3 Å². The van der Waals surface area contributed by atoms with Crippen LogP contribution in [0.3, 0.4) is 0 Å². The number of para-hydroxylation sites is 1. The number of likely N-dealkylation sites (tertiary alicyclic amines) is 1. The van der Waals surface area contributed by atoms with Crippen LogP contribution in [0.5, 0.6) is 0 Å². The maximum atomic E-state index is 13.7. The van der Waals surface area contributed by atoms with Gasteiger partial charge in [-0.25, -0.2) is 0 Å². The second kappa shape index (κ2) is 8.20. The Hall–Kier alpha value is -2.37. The summed E-state index contributed by atoms with van der Waals surface area (Å²) >= 11 is 0. The number of amides is 3. The van der Waals surface area contributed by atoms with Crippen LogP contribution in [0.2, 0.25) is 0 Å². The van der Waals surface area contributed by atoms with Gasteiger partial charge in [-0.2, -0.15) is 0 Å². The minimum atomic E-state index is -0.441. The van der Waals surface area contributed by atoms with Gasteiger partial charge in [0.1, 0.15) is 6.04 Å². The zero-order valence-electron chi connectivity index (χ0n) is 19.3. The van der Waals surface area contributed by atoms with E-state index in [9.17, 15) is 14.4 Å². The molecule has 2 N–H and O–H groups in total. The van der Waals surface area contributed by atoms with Crippen LogP contribution in [0.25, 0.3) is 0 Å². The Bertz CT molecular complexity index is 885. The van der Waals surface area contributed by atoms with E-state index in [-0.39, 0.29) is 29.7 Å². The maximum absolute atomic E-state index is 13.7. The molecular formula is C26H35N3O3. The number of hydrogen-bond acceptors (Lipinski definition) is 3. The van der Waals surface area contributed by atoms with Gasteiger partial charge in [0.15, 0.2) is 0 Å². The van der Waals surface area contributed by atoms with E-state index in [1.807, 2.05) is 36.9 Å². The van der Waals surface area contributed by atoms with Crippen LogP contribution in [0.15, 0.2) is 18.2 Å². The first kappa shape index (κ1) is 21.5. The van der Waals surface area contributed by atoms with Crippen molar-refractivity contribution in [3.8, 4) is 0 Å². The molecule has 1 aromatic rings. The van der Waals surface area contributed by atoms with Crippen LogP contribution < -0.4 is 10.6 Å². The van der Waals surface area contributed by atoms with Crippen molar-refractivity contribution < 1.29 is 14.4 Å². The van der Waals surface area contributed by atoms with Crippen molar-refractivity contribution in [2.75, 3.05) is 18.4 Å². The highest BCUT2D eigenvalue weighted by atomic mass is 16.2. The van der Waals surface area contributed by atoms with Crippen molar-refractivity contribution in [3.63, 3.8) is 0 Å². The van der Waals surface area contributed by atoms with Crippen LogP contribution >= 0.6 is 0 Å². The predicted molar refractivity (Wildman–Crippen MR) is 123 cm³/mol. The molecule has 1 atom stereocenters. The largest absolute Gasteiger partial charge is 0.345 e. The van der Waals surface area contributed by atoms with Gasteiger partial charge >= 0.3 is 0 Å². The number of hydrogen-bond donors (Lipinski definition) is 2. The third-order valence-corrected chi connectivity index (χ3v) is 8.48. The molecular weight excluding hydrogens is 402 g/mol. The number of anilines is 1. The molecule has 1 aliphatic heterocycles. The fourth-order valence-electron chi connectivity index (χ4n) is 7.44. The molecule has 1 saturated heterocycles.